The number of carbonyl (C=O) groups is 1. The van der Waals surface area contributed by atoms with Crippen molar-refractivity contribution in [3.63, 3.8) is 0 Å². The van der Waals surface area contributed by atoms with Crippen LogP contribution in [0.1, 0.15) is 39.7 Å². The summed E-state index contributed by atoms with van der Waals surface area (Å²) in [6, 6.07) is 3.47. The molecule has 0 N–H and O–H groups in total. The Bertz CT molecular complexity index is 489. The predicted molar refractivity (Wildman–Crippen MR) is 77.9 cm³/mol. The molecule has 0 bridgehead atoms. The van der Waals surface area contributed by atoms with Crippen LogP contribution < -0.4 is 0 Å². The first-order chi connectivity index (χ1) is 9.88. The van der Waals surface area contributed by atoms with Crippen molar-refractivity contribution in [2.75, 3.05) is 19.7 Å². The summed E-state index contributed by atoms with van der Waals surface area (Å²) in [6.07, 6.45) is 0.0189. The summed E-state index contributed by atoms with van der Waals surface area (Å²) >= 11 is 0. The van der Waals surface area contributed by atoms with Crippen molar-refractivity contribution in [3.8, 4) is 0 Å². The quantitative estimate of drug-likeness (QED) is 0.722. The monoisotopic (exact) mass is 299 g/mol. The number of hydrogen-bond acceptors (Lipinski definition) is 3. The van der Waals surface area contributed by atoms with E-state index in [-0.39, 0.29) is 13.0 Å². The van der Waals surface area contributed by atoms with Gasteiger partial charge in [-0.3, -0.25) is 9.69 Å². The molecule has 0 aromatic heterocycles. The molecule has 0 aliphatic carbocycles. The van der Waals surface area contributed by atoms with Crippen molar-refractivity contribution >= 4 is 5.97 Å². The highest BCUT2D eigenvalue weighted by Gasteiger charge is 2.37. The number of hydrogen-bond donors (Lipinski definition) is 0. The number of esters is 1. The van der Waals surface area contributed by atoms with Crippen molar-refractivity contribution in [1.82, 2.24) is 4.90 Å². The summed E-state index contributed by atoms with van der Waals surface area (Å²) in [5, 5.41) is 0. The smallest absolute Gasteiger partial charge is 0.308 e. The summed E-state index contributed by atoms with van der Waals surface area (Å²) < 4.78 is 32.3. The highest BCUT2D eigenvalue weighted by atomic mass is 19.1. The number of nitrogens with zero attached hydrogens (tertiary/aromatic N) is 1. The molecule has 1 unspecified atom stereocenters. The van der Waals surface area contributed by atoms with E-state index in [1.165, 1.54) is 12.1 Å². The molecule has 0 saturated carbocycles. The minimum absolute atomic E-state index is 0.0189. The number of carbonyl (C=O) groups excluding carboxylic acids is 1. The molecule has 5 heteroatoms. The largest absolute Gasteiger partial charge is 0.466 e. The van der Waals surface area contributed by atoms with Crippen LogP contribution in [0.5, 0.6) is 0 Å². The minimum atomic E-state index is -0.868. The number of ether oxygens (including phenoxy) is 1. The Balaban J connectivity index is 3.26. The third-order valence-corrected chi connectivity index (χ3v) is 3.77. The fourth-order valence-corrected chi connectivity index (χ4v) is 2.72. The Kier molecular flexibility index (Phi) is 6.27. The standard InChI is InChI=1S/C16H23F2NO2/c1-5-19(6-2)16(4,11-15(20)21-7-3)13-9-8-12(17)10-14(13)18/h8-10H,5-7,11H2,1-4H3. The van der Waals surface area contributed by atoms with E-state index in [2.05, 4.69) is 0 Å². The second kappa shape index (κ2) is 7.50. The summed E-state index contributed by atoms with van der Waals surface area (Å²) in [6.45, 7) is 8.95. The molecule has 0 radical (unpaired) electrons. The van der Waals surface area contributed by atoms with Crippen molar-refractivity contribution in [2.45, 2.75) is 39.7 Å². The van der Waals surface area contributed by atoms with E-state index in [0.29, 0.717) is 18.7 Å². The average Bonchev–Trinajstić information content (AvgIpc) is 2.39. The van der Waals surface area contributed by atoms with Crippen LogP contribution in [0.2, 0.25) is 0 Å². The lowest BCUT2D eigenvalue weighted by atomic mass is 9.86. The highest BCUT2D eigenvalue weighted by Crippen LogP contribution is 2.34. The van der Waals surface area contributed by atoms with E-state index in [0.717, 1.165) is 6.07 Å². The summed E-state index contributed by atoms with van der Waals surface area (Å²) in [5.74, 6) is -1.67. The van der Waals surface area contributed by atoms with Crippen LogP contribution >= 0.6 is 0 Å². The number of rotatable bonds is 7. The molecule has 3 nitrogen and oxygen atoms in total. The number of halogens is 2. The first-order valence-electron chi connectivity index (χ1n) is 7.25. The third-order valence-electron chi connectivity index (χ3n) is 3.77. The average molecular weight is 299 g/mol. The molecule has 0 aliphatic heterocycles. The molecule has 1 aromatic rings. The van der Waals surface area contributed by atoms with Crippen LogP contribution in [0.3, 0.4) is 0 Å². The summed E-state index contributed by atoms with van der Waals surface area (Å²) in [7, 11) is 0. The summed E-state index contributed by atoms with van der Waals surface area (Å²) in [5.41, 5.74) is -0.561. The van der Waals surface area contributed by atoms with Gasteiger partial charge in [-0.05, 0) is 33.0 Å². The van der Waals surface area contributed by atoms with Gasteiger partial charge in [0.1, 0.15) is 11.6 Å². The Labute approximate surface area is 124 Å². The molecule has 1 atom stereocenters. The Morgan fingerprint density at radius 3 is 2.33 bits per heavy atom. The predicted octanol–water partition coefficient (Wildman–Crippen LogP) is 3.48. The lowest BCUT2D eigenvalue weighted by molar-refractivity contribution is -0.146. The van der Waals surface area contributed by atoms with E-state index < -0.39 is 23.1 Å². The lowest BCUT2D eigenvalue weighted by Gasteiger charge is -2.40. The second-order valence-corrected chi connectivity index (χ2v) is 5.05. The maximum atomic E-state index is 14.2. The molecule has 1 rings (SSSR count). The second-order valence-electron chi connectivity index (χ2n) is 5.05. The SMILES string of the molecule is CCOC(=O)CC(C)(c1ccc(F)cc1F)N(CC)CC. The van der Waals surface area contributed by atoms with Gasteiger partial charge >= 0.3 is 5.97 Å². The molecule has 0 aliphatic rings. The van der Waals surface area contributed by atoms with E-state index >= 15 is 0 Å². The van der Waals surface area contributed by atoms with Crippen LogP contribution in [0.25, 0.3) is 0 Å². The van der Waals surface area contributed by atoms with E-state index in [1.807, 2.05) is 18.7 Å². The van der Waals surface area contributed by atoms with Gasteiger partial charge in [-0.25, -0.2) is 8.78 Å². The van der Waals surface area contributed by atoms with Crippen LogP contribution in [0.15, 0.2) is 18.2 Å². The van der Waals surface area contributed by atoms with E-state index in [4.69, 9.17) is 4.74 Å². The topological polar surface area (TPSA) is 29.5 Å². The first kappa shape index (κ1) is 17.6. The van der Waals surface area contributed by atoms with E-state index in [9.17, 15) is 13.6 Å². The molecule has 0 heterocycles. The molecular weight excluding hydrogens is 276 g/mol. The van der Waals surface area contributed by atoms with Gasteiger partial charge in [0, 0.05) is 11.6 Å². The maximum absolute atomic E-state index is 14.2. The molecule has 1 aromatic carbocycles. The Morgan fingerprint density at radius 1 is 1.24 bits per heavy atom. The molecule has 0 amide bonds. The van der Waals surface area contributed by atoms with Crippen LogP contribution in [-0.2, 0) is 15.1 Å². The fraction of sp³-hybridized carbons (Fsp3) is 0.562. The first-order valence-corrected chi connectivity index (χ1v) is 7.25. The molecule has 21 heavy (non-hydrogen) atoms. The van der Waals surface area contributed by atoms with Crippen LogP contribution in [-0.4, -0.2) is 30.6 Å². The van der Waals surface area contributed by atoms with Crippen LogP contribution in [0.4, 0.5) is 8.78 Å². The zero-order valence-electron chi connectivity index (χ0n) is 13.1. The van der Waals surface area contributed by atoms with Crippen molar-refractivity contribution < 1.29 is 18.3 Å². The van der Waals surface area contributed by atoms with Gasteiger partial charge in [-0.15, -0.1) is 0 Å². The van der Waals surface area contributed by atoms with Crippen LogP contribution in [0, 0.1) is 11.6 Å². The molecule has 0 saturated heterocycles. The third kappa shape index (κ3) is 4.00. The van der Waals surface area contributed by atoms with Gasteiger partial charge in [0.05, 0.1) is 18.6 Å². The molecular formula is C16H23F2NO2. The van der Waals surface area contributed by atoms with E-state index in [1.54, 1.807) is 13.8 Å². The minimum Gasteiger partial charge on any atom is -0.466 e. The zero-order valence-corrected chi connectivity index (χ0v) is 13.1. The lowest BCUT2D eigenvalue weighted by Crippen LogP contribution is -2.46. The zero-order chi connectivity index (χ0) is 16.0. The number of benzene rings is 1. The Hall–Kier alpha value is -1.49. The fourth-order valence-electron chi connectivity index (χ4n) is 2.72. The molecule has 118 valence electrons. The molecule has 0 spiro atoms. The molecule has 0 fully saturated rings. The maximum Gasteiger partial charge on any atom is 0.308 e. The van der Waals surface area contributed by atoms with Gasteiger partial charge in [0.25, 0.3) is 0 Å². The van der Waals surface area contributed by atoms with Crippen molar-refractivity contribution in [2.24, 2.45) is 0 Å². The van der Waals surface area contributed by atoms with Gasteiger partial charge in [-0.2, -0.15) is 0 Å². The highest BCUT2D eigenvalue weighted by molar-refractivity contribution is 5.71. The van der Waals surface area contributed by atoms with Gasteiger partial charge < -0.3 is 4.74 Å². The van der Waals surface area contributed by atoms with Gasteiger partial charge in [0.15, 0.2) is 0 Å². The van der Waals surface area contributed by atoms with Gasteiger partial charge in [-0.1, -0.05) is 19.9 Å². The Morgan fingerprint density at radius 2 is 1.86 bits per heavy atom. The normalized spacial score (nSPS) is 14.0. The van der Waals surface area contributed by atoms with Crippen molar-refractivity contribution in [1.29, 1.82) is 0 Å². The summed E-state index contributed by atoms with van der Waals surface area (Å²) in [4.78, 5) is 13.9. The van der Waals surface area contributed by atoms with Gasteiger partial charge in [0.2, 0.25) is 0 Å². The van der Waals surface area contributed by atoms with Crippen molar-refractivity contribution in [3.05, 3.63) is 35.4 Å².